The number of hydrogen-bond donors (Lipinski definition) is 3. The molecular formula is C13H17ClN2O4S. The van der Waals surface area contributed by atoms with E-state index in [4.69, 9.17) is 20.4 Å². The van der Waals surface area contributed by atoms with E-state index in [9.17, 15) is 8.42 Å². The molecule has 8 heteroatoms. The van der Waals surface area contributed by atoms with E-state index in [1.807, 2.05) is 0 Å². The molecule has 2 rings (SSSR count). The van der Waals surface area contributed by atoms with E-state index in [1.54, 1.807) is 24.3 Å². The molecule has 0 amide bonds. The standard InChI is InChI=1S/C13H16N2O4S.ClH/c14-11(7-8-16)13-6-5-12(19-13)9-1-3-10(4-2-9)20(15,17)18;/h1-6,11,16H,7-8,14H2,(H2,15,17,18);1H. The molecule has 2 aromatic rings. The molecule has 0 aliphatic heterocycles. The van der Waals surface area contributed by atoms with Gasteiger partial charge in [-0.2, -0.15) is 0 Å². The molecule has 0 spiro atoms. The van der Waals surface area contributed by atoms with Gasteiger partial charge >= 0.3 is 0 Å². The van der Waals surface area contributed by atoms with Crippen molar-refractivity contribution < 1.29 is 17.9 Å². The number of aliphatic hydroxyl groups is 1. The average Bonchev–Trinajstić information content (AvgIpc) is 2.88. The third-order valence-corrected chi connectivity index (χ3v) is 3.83. The lowest BCUT2D eigenvalue weighted by Crippen LogP contribution is -2.11. The fourth-order valence-electron chi connectivity index (χ4n) is 1.80. The molecule has 21 heavy (non-hydrogen) atoms. The van der Waals surface area contributed by atoms with E-state index in [1.165, 1.54) is 12.1 Å². The Labute approximate surface area is 129 Å². The Bertz CT molecular complexity index is 682. The van der Waals surface area contributed by atoms with Crippen LogP contribution in [0.25, 0.3) is 11.3 Å². The molecule has 1 heterocycles. The lowest BCUT2D eigenvalue weighted by atomic mass is 10.1. The van der Waals surface area contributed by atoms with Crippen molar-refractivity contribution in [1.29, 1.82) is 0 Å². The van der Waals surface area contributed by atoms with E-state index < -0.39 is 10.0 Å². The second-order valence-electron chi connectivity index (χ2n) is 4.39. The summed E-state index contributed by atoms with van der Waals surface area (Å²) in [5, 5.41) is 13.9. The summed E-state index contributed by atoms with van der Waals surface area (Å²) in [7, 11) is -3.70. The van der Waals surface area contributed by atoms with Crippen LogP contribution < -0.4 is 10.9 Å². The van der Waals surface area contributed by atoms with Crippen LogP contribution in [0.5, 0.6) is 0 Å². The minimum atomic E-state index is -3.70. The van der Waals surface area contributed by atoms with Gasteiger partial charge in [0.25, 0.3) is 0 Å². The fourth-order valence-corrected chi connectivity index (χ4v) is 2.31. The van der Waals surface area contributed by atoms with Crippen LogP contribution in [-0.4, -0.2) is 20.1 Å². The summed E-state index contributed by atoms with van der Waals surface area (Å²) in [6.07, 6.45) is 0.414. The number of benzene rings is 1. The highest BCUT2D eigenvalue weighted by Crippen LogP contribution is 2.26. The van der Waals surface area contributed by atoms with E-state index in [0.29, 0.717) is 17.9 Å². The van der Waals surface area contributed by atoms with Gasteiger partial charge in [0.05, 0.1) is 10.9 Å². The van der Waals surface area contributed by atoms with Crippen LogP contribution in [0.1, 0.15) is 18.2 Å². The van der Waals surface area contributed by atoms with Crippen LogP contribution in [0.15, 0.2) is 45.7 Å². The minimum absolute atomic E-state index is 0. The topological polar surface area (TPSA) is 120 Å². The molecule has 116 valence electrons. The summed E-state index contributed by atoms with van der Waals surface area (Å²) >= 11 is 0. The molecule has 0 aliphatic carbocycles. The highest BCUT2D eigenvalue weighted by Gasteiger charge is 2.12. The van der Waals surface area contributed by atoms with Crippen LogP contribution >= 0.6 is 12.4 Å². The third-order valence-electron chi connectivity index (χ3n) is 2.90. The van der Waals surface area contributed by atoms with Gasteiger partial charge in [-0.15, -0.1) is 12.4 Å². The quantitative estimate of drug-likeness (QED) is 0.764. The van der Waals surface area contributed by atoms with Crippen molar-refractivity contribution in [3.05, 3.63) is 42.2 Å². The fraction of sp³-hybridized carbons (Fsp3) is 0.231. The number of hydrogen-bond acceptors (Lipinski definition) is 5. The first kappa shape index (κ1) is 17.7. The highest BCUT2D eigenvalue weighted by atomic mass is 35.5. The lowest BCUT2D eigenvalue weighted by molar-refractivity contribution is 0.269. The van der Waals surface area contributed by atoms with Crippen LogP contribution in [0.2, 0.25) is 0 Å². The monoisotopic (exact) mass is 332 g/mol. The maximum absolute atomic E-state index is 11.2. The van der Waals surface area contributed by atoms with Gasteiger partial charge in [-0.3, -0.25) is 0 Å². The van der Waals surface area contributed by atoms with Gasteiger partial charge in [-0.05, 0) is 42.8 Å². The van der Waals surface area contributed by atoms with Gasteiger partial charge < -0.3 is 15.3 Å². The van der Waals surface area contributed by atoms with Crippen molar-refractivity contribution >= 4 is 22.4 Å². The van der Waals surface area contributed by atoms with Crippen molar-refractivity contribution in [1.82, 2.24) is 0 Å². The van der Waals surface area contributed by atoms with Gasteiger partial charge in [-0.25, -0.2) is 13.6 Å². The number of halogens is 1. The average molecular weight is 333 g/mol. The predicted octanol–water partition coefficient (Wildman–Crippen LogP) is 1.40. The Morgan fingerprint density at radius 1 is 1.14 bits per heavy atom. The molecule has 6 nitrogen and oxygen atoms in total. The molecule has 1 atom stereocenters. The van der Waals surface area contributed by atoms with Gasteiger partial charge in [0, 0.05) is 12.2 Å². The highest BCUT2D eigenvalue weighted by molar-refractivity contribution is 7.89. The Hall–Kier alpha value is -1.38. The molecule has 0 saturated carbocycles. The second-order valence-corrected chi connectivity index (χ2v) is 5.95. The molecule has 1 aromatic carbocycles. The molecule has 0 bridgehead atoms. The van der Waals surface area contributed by atoms with Gasteiger partial charge in [0.1, 0.15) is 11.5 Å². The van der Waals surface area contributed by atoms with Crippen LogP contribution in [0.4, 0.5) is 0 Å². The first-order valence-electron chi connectivity index (χ1n) is 6.01. The molecule has 0 aliphatic rings. The summed E-state index contributed by atoms with van der Waals surface area (Å²) in [6, 6.07) is 9.18. The van der Waals surface area contributed by atoms with Crippen LogP contribution in [0.3, 0.4) is 0 Å². The molecule has 1 unspecified atom stereocenters. The van der Waals surface area contributed by atoms with Crippen LogP contribution in [-0.2, 0) is 10.0 Å². The minimum Gasteiger partial charge on any atom is -0.459 e. The zero-order valence-corrected chi connectivity index (χ0v) is 12.7. The normalized spacial score (nSPS) is 12.7. The van der Waals surface area contributed by atoms with E-state index >= 15 is 0 Å². The first-order valence-corrected chi connectivity index (χ1v) is 7.56. The van der Waals surface area contributed by atoms with E-state index in [2.05, 4.69) is 0 Å². The van der Waals surface area contributed by atoms with Crippen LogP contribution in [0, 0.1) is 0 Å². The zero-order chi connectivity index (χ0) is 14.8. The predicted molar refractivity (Wildman–Crippen MR) is 81.4 cm³/mol. The maximum atomic E-state index is 11.2. The zero-order valence-electron chi connectivity index (χ0n) is 11.1. The second kappa shape index (κ2) is 7.06. The number of furan rings is 1. The Kier molecular flexibility index (Phi) is 5.94. The van der Waals surface area contributed by atoms with E-state index in [-0.39, 0.29) is 30.0 Å². The van der Waals surface area contributed by atoms with Gasteiger partial charge in [-0.1, -0.05) is 0 Å². The molecule has 5 N–H and O–H groups in total. The molecular weight excluding hydrogens is 316 g/mol. The lowest BCUT2D eigenvalue weighted by Gasteiger charge is -2.05. The van der Waals surface area contributed by atoms with Crippen molar-refractivity contribution in [2.75, 3.05) is 6.61 Å². The molecule has 0 saturated heterocycles. The summed E-state index contributed by atoms with van der Waals surface area (Å²) < 4.78 is 27.9. The Morgan fingerprint density at radius 3 is 2.29 bits per heavy atom. The van der Waals surface area contributed by atoms with Crippen molar-refractivity contribution in [2.24, 2.45) is 10.9 Å². The SMILES string of the molecule is Cl.NC(CCO)c1ccc(-c2ccc(S(N)(=O)=O)cc2)o1. The molecule has 1 aromatic heterocycles. The maximum Gasteiger partial charge on any atom is 0.238 e. The summed E-state index contributed by atoms with van der Waals surface area (Å²) in [5.41, 5.74) is 6.55. The first-order chi connectivity index (χ1) is 9.41. The largest absolute Gasteiger partial charge is 0.459 e. The van der Waals surface area contributed by atoms with E-state index in [0.717, 1.165) is 5.56 Å². The summed E-state index contributed by atoms with van der Waals surface area (Å²) in [6.45, 7) is -0.0136. The summed E-state index contributed by atoms with van der Waals surface area (Å²) in [4.78, 5) is 0.0463. The molecule has 0 fully saturated rings. The van der Waals surface area contributed by atoms with Gasteiger partial charge in [0.2, 0.25) is 10.0 Å². The van der Waals surface area contributed by atoms with Crippen molar-refractivity contribution in [3.8, 4) is 11.3 Å². The van der Waals surface area contributed by atoms with Crippen molar-refractivity contribution in [2.45, 2.75) is 17.4 Å². The Balaban J connectivity index is 0.00000220. The summed E-state index contributed by atoms with van der Waals surface area (Å²) in [5.74, 6) is 1.15. The third kappa shape index (κ3) is 4.29. The Morgan fingerprint density at radius 2 is 1.76 bits per heavy atom. The van der Waals surface area contributed by atoms with Gasteiger partial charge in [0.15, 0.2) is 0 Å². The molecule has 0 radical (unpaired) electrons. The smallest absolute Gasteiger partial charge is 0.238 e. The van der Waals surface area contributed by atoms with Crippen molar-refractivity contribution in [3.63, 3.8) is 0 Å². The number of primary sulfonamides is 1. The number of rotatable bonds is 5. The number of aliphatic hydroxyl groups excluding tert-OH is 1. The number of sulfonamides is 1. The number of nitrogens with two attached hydrogens (primary N) is 2.